The molecular formula is C24H54O6. The maximum absolute atomic E-state index is 9.04. The van der Waals surface area contributed by atoms with Crippen molar-refractivity contribution in [3.05, 3.63) is 0 Å². The summed E-state index contributed by atoms with van der Waals surface area (Å²) in [7, 11) is 0. The Balaban J connectivity index is -0.000000370. The lowest BCUT2D eigenvalue weighted by atomic mass is 9.82. The Labute approximate surface area is 186 Å². The average molecular weight is 439 g/mol. The van der Waals surface area contributed by atoms with Crippen molar-refractivity contribution < 1.29 is 30.6 Å². The molecule has 0 bridgehead atoms. The van der Waals surface area contributed by atoms with E-state index in [0.717, 1.165) is 64.2 Å². The minimum atomic E-state index is -0.212. The van der Waals surface area contributed by atoms with E-state index in [1.165, 1.54) is 0 Å². The molecule has 0 aliphatic rings. The maximum Gasteiger partial charge on any atom is 0.0509 e. The summed E-state index contributed by atoms with van der Waals surface area (Å²) < 4.78 is 0. The first-order valence-corrected chi connectivity index (χ1v) is 11.9. The smallest absolute Gasteiger partial charge is 0.0509 e. The highest BCUT2D eigenvalue weighted by Gasteiger charge is 2.25. The summed E-state index contributed by atoms with van der Waals surface area (Å²) in [4.78, 5) is 0. The third kappa shape index (κ3) is 17.4. The average Bonchev–Trinajstić information content (AvgIpc) is 2.78. The molecule has 0 aromatic heterocycles. The summed E-state index contributed by atoms with van der Waals surface area (Å²) in [6.07, 6.45) is 9.65. The van der Waals surface area contributed by atoms with Crippen molar-refractivity contribution in [1.82, 2.24) is 0 Å². The van der Waals surface area contributed by atoms with Crippen LogP contribution in [0.2, 0.25) is 0 Å². The highest BCUT2D eigenvalue weighted by Crippen LogP contribution is 2.27. The van der Waals surface area contributed by atoms with Crippen LogP contribution in [0.5, 0.6) is 0 Å². The highest BCUT2D eigenvalue weighted by atomic mass is 16.3. The van der Waals surface area contributed by atoms with E-state index in [1.807, 2.05) is 20.8 Å². The Morgan fingerprint density at radius 2 is 0.867 bits per heavy atom. The quantitative estimate of drug-likeness (QED) is 0.219. The Kier molecular flexibility index (Phi) is 26.8. The SMILES string of the molecule is CC(CCO)CCO.CCCCC(CC)(CO)CO.CCCCC(CC)(CO)CO. The van der Waals surface area contributed by atoms with Gasteiger partial charge in [0.2, 0.25) is 0 Å². The summed E-state index contributed by atoms with van der Waals surface area (Å²) >= 11 is 0. The van der Waals surface area contributed by atoms with E-state index in [4.69, 9.17) is 30.6 Å². The van der Waals surface area contributed by atoms with E-state index in [9.17, 15) is 0 Å². The molecular weight excluding hydrogens is 384 g/mol. The van der Waals surface area contributed by atoms with Crippen LogP contribution in [0.4, 0.5) is 0 Å². The minimum Gasteiger partial charge on any atom is -0.396 e. The van der Waals surface area contributed by atoms with Crippen LogP contribution in [-0.4, -0.2) is 70.3 Å². The lowest BCUT2D eigenvalue weighted by molar-refractivity contribution is 0.0419. The fourth-order valence-corrected chi connectivity index (χ4v) is 2.91. The van der Waals surface area contributed by atoms with Gasteiger partial charge >= 0.3 is 0 Å². The van der Waals surface area contributed by atoms with Crippen LogP contribution in [0.25, 0.3) is 0 Å². The number of rotatable bonds is 16. The predicted octanol–water partition coefficient (Wildman–Crippen LogP) is 3.50. The first-order valence-electron chi connectivity index (χ1n) is 11.9. The van der Waals surface area contributed by atoms with Gasteiger partial charge in [-0.15, -0.1) is 0 Å². The molecule has 6 N–H and O–H groups in total. The largest absolute Gasteiger partial charge is 0.396 e. The molecule has 0 rings (SSSR count). The summed E-state index contributed by atoms with van der Waals surface area (Å²) in [6.45, 7) is 11.2. The molecule has 186 valence electrons. The zero-order valence-electron chi connectivity index (χ0n) is 20.6. The Morgan fingerprint density at radius 1 is 0.567 bits per heavy atom. The second-order valence-corrected chi connectivity index (χ2v) is 8.68. The summed E-state index contributed by atoms with van der Waals surface area (Å²) in [5.74, 6) is 0.463. The second kappa shape index (κ2) is 23.4. The second-order valence-electron chi connectivity index (χ2n) is 8.68. The van der Waals surface area contributed by atoms with Gasteiger partial charge in [-0.2, -0.15) is 0 Å². The van der Waals surface area contributed by atoms with Crippen LogP contribution in [0.15, 0.2) is 0 Å². The molecule has 0 aromatic rings. The molecule has 6 nitrogen and oxygen atoms in total. The number of aliphatic hydroxyl groups excluding tert-OH is 6. The molecule has 0 unspecified atom stereocenters. The molecule has 0 saturated carbocycles. The van der Waals surface area contributed by atoms with Gasteiger partial charge in [-0.3, -0.25) is 0 Å². The molecule has 0 heterocycles. The number of hydrogen-bond acceptors (Lipinski definition) is 6. The highest BCUT2D eigenvalue weighted by molar-refractivity contribution is 4.76. The molecule has 0 aliphatic carbocycles. The van der Waals surface area contributed by atoms with Gasteiger partial charge in [0.15, 0.2) is 0 Å². The number of aliphatic hydroxyl groups is 6. The molecule has 0 saturated heterocycles. The maximum atomic E-state index is 9.04. The third-order valence-corrected chi connectivity index (χ3v) is 6.21. The van der Waals surface area contributed by atoms with Crippen molar-refractivity contribution in [2.75, 3.05) is 39.6 Å². The number of unbranched alkanes of at least 4 members (excludes halogenated alkanes) is 2. The third-order valence-electron chi connectivity index (χ3n) is 6.21. The zero-order chi connectivity index (χ0) is 23.9. The Bertz CT molecular complexity index is 270. The molecule has 6 heteroatoms. The number of hydrogen-bond donors (Lipinski definition) is 6. The van der Waals surface area contributed by atoms with Gasteiger partial charge in [0.1, 0.15) is 0 Å². The summed E-state index contributed by atoms with van der Waals surface area (Å²) in [6, 6.07) is 0. The van der Waals surface area contributed by atoms with Gasteiger partial charge in [-0.1, -0.05) is 60.3 Å². The van der Waals surface area contributed by atoms with E-state index in [2.05, 4.69) is 13.8 Å². The predicted molar refractivity (Wildman–Crippen MR) is 125 cm³/mol. The van der Waals surface area contributed by atoms with E-state index in [1.54, 1.807) is 0 Å². The molecule has 30 heavy (non-hydrogen) atoms. The lowest BCUT2D eigenvalue weighted by Crippen LogP contribution is -2.28. The van der Waals surface area contributed by atoms with Gasteiger partial charge < -0.3 is 30.6 Å². The molecule has 0 amide bonds. The molecule has 0 fully saturated rings. The Morgan fingerprint density at radius 3 is 1.03 bits per heavy atom. The first-order chi connectivity index (χ1) is 14.3. The van der Waals surface area contributed by atoms with Crippen LogP contribution in [0.3, 0.4) is 0 Å². The van der Waals surface area contributed by atoms with Crippen molar-refractivity contribution in [2.24, 2.45) is 16.7 Å². The summed E-state index contributed by atoms with van der Waals surface area (Å²) in [5.41, 5.74) is -0.425. The fraction of sp³-hybridized carbons (Fsp3) is 1.00. The Hall–Kier alpha value is -0.240. The molecule has 0 atom stereocenters. The van der Waals surface area contributed by atoms with Crippen LogP contribution >= 0.6 is 0 Å². The lowest BCUT2D eigenvalue weighted by Gasteiger charge is -2.27. The first kappa shape index (κ1) is 34.4. The van der Waals surface area contributed by atoms with Crippen molar-refractivity contribution in [1.29, 1.82) is 0 Å². The topological polar surface area (TPSA) is 121 Å². The van der Waals surface area contributed by atoms with Gasteiger partial charge in [0.05, 0.1) is 26.4 Å². The van der Waals surface area contributed by atoms with Gasteiger partial charge in [0.25, 0.3) is 0 Å². The summed E-state index contributed by atoms with van der Waals surface area (Å²) in [5, 5.41) is 52.9. The minimum absolute atomic E-state index is 0.111. The van der Waals surface area contributed by atoms with Crippen molar-refractivity contribution >= 4 is 0 Å². The molecule has 0 radical (unpaired) electrons. The standard InChI is InChI=1S/2C9H20O2.C6H14O2/c2*1-3-5-6-9(4-2,7-10)8-11;1-6(2-4-7)3-5-8/h2*10-11H,3-8H2,1-2H3;6-8H,2-5H2,1H3. The molecule has 0 aliphatic heterocycles. The van der Waals surface area contributed by atoms with Crippen molar-refractivity contribution in [3.63, 3.8) is 0 Å². The molecule has 0 spiro atoms. The molecule has 0 aromatic carbocycles. The van der Waals surface area contributed by atoms with Crippen LogP contribution in [-0.2, 0) is 0 Å². The monoisotopic (exact) mass is 438 g/mol. The van der Waals surface area contributed by atoms with Crippen LogP contribution in [0.1, 0.15) is 98.8 Å². The van der Waals surface area contributed by atoms with Gasteiger partial charge in [-0.05, 0) is 44.4 Å². The fourth-order valence-electron chi connectivity index (χ4n) is 2.91. The van der Waals surface area contributed by atoms with Gasteiger partial charge in [-0.25, -0.2) is 0 Å². The zero-order valence-corrected chi connectivity index (χ0v) is 20.6. The van der Waals surface area contributed by atoms with E-state index in [0.29, 0.717) is 5.92 Å². The van der Waals surface area contributed by atoms with Crippen LogP contribution < -0.4 is 0 Å². The van der Waals surface area contributed by atoms with Crippen molar-refractivity contribution in [3.8, 4) is 0 Å². The van der Waals surface area contributed by atoms with Gasteiger partial charge in [0, 0.05) is 24.0 Å². The van der Waals surface area contributed by atoms with E-state index < -0.39 is 0 Å². The van der Waals surface area contributed by atoms with Crippen molar-refractivity contribution in [2.45, 2.75) is 98.8 Å². The normalized spacial score (nSPS) is 11.6. The van der Waals surface area contributed by atoms with Crippen LogP contribution in [0, 0.1) is 16.7 Å². The van der Waals surface area contributed by atoms with E-state index in [-0.39, 0.29) is 50.5 Å². The van der Waals surface area contributed by atoms with E-state index >= 15 is 0 Å².